The maximum Gasteiger partial charge on any atom is 0.338 e. The van der Waals surface area contributed by atoms with E-state index in [1.54, 1.807) is 6.92 Å². The second kappa shape index (κ2) is 4.93. The normalized spacial score (nSPS) is 9.88. The van der Waals surface area contributed by atoms with E-state index in [0.29, 0.717) is 0 Å². The number of hydrogen-bond acceptors (Lipinski definition) is 5. The number of anilines is 1. The van der Waals surface area contributed by atoms with E-state index < -0.39 is 10.9 Å². The standard InChI is InChI=1S/C9H9BrN2O4/c1-2-16-9(13)5-3-6(11)8(10)7(4-5)12(14)15/h3-4H,2,11H2,1H3. The van der Waals surface area contributed by atoms with Crippen LogP contribution >= 0.6 is 15.9 Å². The Kier molecular flexibility index (Phi) is 3.83. The summed E-state index contributed by atoms with van der Waals surface area (Å²) < 4.78 is 4.88. The van der Waals surface area contributed by atoms with Crippen LogP contribution in [0.1, 0.15) is 17.3 Å². The van der Waals surface area contributed by atoms with Crippen LogP contribution in [0.4, 0.5) is 11.4 Å². The number of rotatable bonds is 3. The third kappa shape index (κ3) is 2.48. The van der Waals surface area contributed by atoms with Crippen molar-refractivity contribution in [2.24, 2.45) is 0 Å². The van der Waals surface area contributed by atoms with Crippen LogP contribution in [0.5, 0.6) is 0 Å². The average Bonchev–Trinajstić information content (AvgIpc) is 2.21. The summed E-state index contributed by atoms with van der Waals surface area (Å²) in [5, 5.41) is 10.7. The topological polar surface area (TPSA) is 95.5 Å². The maximum atomic E-state index is 11.4. The van der Waals surface area contributed by atoms with Gasteiger partial charge in [0.25, 0.3) is 5.69 Å². The van der Waals surface area contributed by atoms with Crippen molar-refractivity contribution < 1.29 is 14.5 Å². The minimum absolute atomic E-state index is 0.0641. The molecule has 1 rings (SSSR count). The van der Waals surface area contributed by atoms with Gasteiger partial charge in [-0.1, -0.05) is 0 Å². The van der Waals surface area contributed by atoms with Crippen molar-refractivity contribution in [1.82, 2.24) is 0 Å². The van der Waals surface area contributed by atoms with Gasteiger partial charge < -0.3 is 10.5 Å². The molecule has 0 amide bonds. The zero-order valence-electron chi connectivity index (χ0n) is 8.40. The molecule has 0 unspecified atom stereocenters. The SMILES string of the molecule is CCOC(=O)c1cc(N)c(Br)c([N+](=O)[O-])c1. The molecule has 0 saturated heterocycles. The van der Waals surface area contributed by atoms with Gasteiger partial charge in [0, 0.05) is 6.07 Å². The summed E-state index contributed by atoms with van der Waals surface area (Å²) >= 11 is 2.98. The Labute approximate surface area is 99.7 Å². The first-order valence-electron chi connectivity index (χ1n) is 4.38. The number of nitro groups is 1. The first-order chi connectivity index (χ1) is 7.47. The lowest BCUT2D eigenvalue weighted by atomic mass is 10.2. The third-order valence-corrected chi connectivity index (χ3v) is 2.65. The quantitative estimate of drug-likeness (QED) is 0.398. The predicted molar refractivity (Wildman–Crippen MR) is 61.2 cm³/mol. The fourth-order valence-electron chi connectivity index (χ4n) is 1.10. The van der Waals surface area contributed by atoms with E-state index in [1.165, 1.54) is 6.07 Å². The number of esters is 1. The van der Waals surface area contributed by atoms with Crippen molar-refractivity contribution in [3.63, 3.8) is 0 Å². The molecular formula is C9H9BrN2O4. The van der Waals surface area contributed by atoms with Gasteiger partial charge in [0.1, 0.15) is 4.47 Å². The molecule has 0 atom stereocenters. The van der Waals surface area contributed by atoms with Crippen LogP contribution in [-0.4, -0.2) is 17.5 Å². The summed E-state index contributed by atoms with van der Waals surface area (Å²) in [4.78, 5) is 21.4. The predicted octanol–water partition coefficient (Wildman–Crippen LogP) is 2.12. The number of nitro benzene ring substituents is 1. The van der Waals surface area contributed by atoms with E-state index in [4.69, 9.17) is 10.5 Å². The lowest BCUT2D eigenvalue weighted by Crippen LogP contribution is -2.06. The summed E-state index contributed by atoms with van der Waals surface area (Å²) in [6, 6.07) is 2.45. The van der Waals surface area contributed by atoms with E-state index in [-0.39, 0.29) is 28.0 Å². The van der Waals surface area contributed by atoms with Crippen LogP contribution in [0, 0.1) is 10.1 Å². The Balaban J connectivity index is 3.24. The van der Waals surface area contributed by atoms with E-state index >= 15 is 0 Å². The molecule has 7 heteroatoms. The van der Waals surface area contributed by atoms with Gasteiger partial charge in [0.05, 0.1) is 22.8 Å². The molecule has 1 aromatic rings. The highest BCUT2D eigenvalue weighted by Crippen LogP contribution is 2.32. The molecule has 6 nitrogen and oxygen atoms in total. The molecule has 0 bridgehead atoms. The molecule has 0 heterocycles. The van der Waals surface area contributed by atoms with Gasteiger partial charge in [-0.15, -0.1) is 0 Å². The maximum absolute atomic E-state index is 11.4. The fraction of sp³-hybridized carbons (Fsp3) is 0.222. The van der Waals surface area contributed by atoms with Crippen molar-refractivity contribution >= 4 is 33.3 Å². The lowest BCUT2D eigenvalue weighted by Gasteiger charge is -2.04. The molecule has 0 spiro atoms. The van der Waals surface area contributed by atoms with Gasteiger partial charge in [-0.05, 0) is 28.9 Å². The van der Waals surface area contributed by atoms with Crippen LogP contribution in [0.2, 0.25) is 0 Å². The minimum atomic E-state index is -0.634. The first kappa shape index (κ1) is 12.4. The molecular weight excluding hydrogens is 280 g/mol. The number of hydrogen-bond donors (Lipinski definition) is 1. The smallest absolute Gasteiger partial charge is 0.338 e. The summed E-state index contributed by atoms with van der Waals surface area (Å²) in [6.07, 6.45) is 0. The highest BCUT2D eigenvalue weighted by Gasteiger charge is 2.19. The Morgan fingerprint density at radius 1 is 1.62 bits per heavy atom. The van der Waals surface area contributed by atoms with Gasteiger partial charge in [-0.25, -0.2) is 4.79 Å². The van der Waals surface area contributed by atoms with Crippen LogP contribution in [0.15, 0.2) is 16.6 Å². The van der Waals surface area contributed by atoms with Crippen molar-refractivity contribution in [2.75, 3.05) is 12.3 Å². The van der Waals surface area contributed by atoms with Crippen molar-refractivity contribution in [3.05, 3.63) is 32.3 Å². The van der Waals surface area contributed by atoms with Gasteiger partial charge in [0.15, 0.2) is 0 Å². The number of halogens is 1. The molecule has 86 valence electrons. The fourth-order valence-corrected chi connectivity index (χ4v) is 1.47. The highest BCUT2D eigenvalue weighted by molar-refractivity contribution is 9.10. The molecule has 1 aromatic carbocycles. The second-order valence-corrected chi connectivity index (χ2v) is 3.67. The van der Waals surface area contributed by atoms with Crippen LogP contribution in [0.25, 0.3) is 0 Å². The largest absolute Gasteiger partial charge is 0.462 e. The minimum Gasteiger partial charge on any atom is -0.462 e. The zero-order chi connectivity index (χ0) is 12.3. The van der Waals surface area contributed by atoms with Crippen molar-refractivity contribution in [3.8, 4) is 0 Å². The second-order valence-electron chi connectivity index (χ2n) is 2.88. The average molecular weight is 289 g/mol. The van der Waals surface area contributed by atoms with E-state index in [9.17, 15) is 14.9 Å². The first-order valence-corrected chi connectivity index (χ1v) is 5.17. The van der Waals surface area contributed by atoms with Crippen molar-refractivity contribution in [1.29, 1.82) is 0 Å². The van der Waals surface area contributed by atoms with Gasteiger partial charge in [-0.3, -0.25) is 10.1 Å². The molecule has 0 aliphatic carbocycles. The summed E-state index contributed by atoms with van der Waals surface area (Å²) in [5.74, 6) is -0.634. The number of nitrogen functional groups attached to an aromatic ring is 1. The third-order valence-electron chi connectivity index (χ3n) is 1.79. The van der Waals surface area contributed by atoms with Crippen LogP contribution < -0.4 is 5.73 Å². The van der Waals surface area contributed by atoms with E-state index in [2.05, 4.69) is 15.9 Å². The monoisotopic (exact) mass is 288 g/mol. The van der Waals surface area contributed by atoms with Crippen molar-refractivity contribution in [2.45, 2.75) is 6.92 Å². The Morgan fingerprint density at radius 3 is 2.75 bits per heavy atom. The Hall–Kier alpha value is -1.63. The number of ether oxygens (including phenoxy) is 1. The summed E-state index contributed by atoms with van der Waals surface area (Å²) in [7, 11) is 0. The molecule has 0 saturated carbocycles. The molecule has 0 fully saturated rings. The van der Waals surface area contributed by atoms with Gasteiger partial charge >= 0.3 is 5.97 Å². The molecule has 0 aliphatic heterocycles. The summed E-state index contributed by atoms with van der Waals surface area (Å²) in [5.41, 5.74) is 5.46. The number of carbonyl (C=O) groups is 1. The van der Waals surface area contributed by atoms with Gasteiger partial charge in [0.2, 0.25) is 0 Å². The number of carbonyl (C=O) groups excluding carboxylic acids is 1. The zero-order valence-corrected chi connectivity index (χ0v) is 9.98. The van der Waals surface area contributed by atoms with E-state index in [0.717, 1.165) is 6.07 Å². The number of nitrogens with zero attached hydrogens (tertiary/aromatic N) is 1. The Bertz CT molecular complexity index is 447. The highest BCUT2D eigenvalue weighted by atomic mass is 79.9. The number of nitrogens with two attached hydrogens (primary N) is 1. The molecule has 0 radical (unpaired) electrons. The van der Waals surface area contributed by atoms with E-state index in [1.807, 2.05) is 0 Å². The van der Waals surface area contributed by atoms with Crippen LogP contribution in [-0.2, 0) is 4.74 Å². The van der Waals surface area contributed by atoms with Crippen LogP contribution in [0.3, 0.4) is 0 Å². The number of benzene rings is 1. The molecule has 2 N–H and O–H groups in total. The Morgan fingerprint density at radius 2 is 2.25 bits per heavy atom. The molecule has 0 aliphatic rings. The molecule has 0 aromatic heterocycles. The lowest BCUT2D eigenvalue weighted by molar-refractivity contribution is -0.385. The van der Waals surface area contributed by atoms with Gasteiger partial charge in [-0.2, -0.15) is 0 Å². The molecule has 16 heavy (non-hydrogen) atoms. The summed E-state index contributed by atoms with van der Waals surface area (Å²) in [6.45, 7) is 1.84.